The number of nitrogens with zero attached hydrogens (tertiary/aromatic N) is 6. The van der Waals surface area contributed by atoms with Crippen LogP contribution in [0.1, 0.15) is 11.1 Å². The van der Waals surface area contributed by atoms with Gasteiger partial charge in [-0.15, -0.1) is 0 Å². The molecule has 0 saturated heterocycles. The molecule has 6 rings (SSSR count). The third-order valence-electron chi connectivity index (χ3n) is 6.00. The normalized spacial score (nSPS) is 11.7. The highest BCUT2D eigenvalue weighted by Gasteiger charge is 2.30. The molecule has 0 fully saturated rings. The van der Waals surface area contributed by atoms with Crippen LogP contribution in [-0.4, -0.2) is 34.9 Å². The average Bonchev–Trinajstić information content (AvgIpc) is 3.40. The second-order valence-electron chi connectivity index (χ2n) is 8.43. The van der Waals surface area contributed by atoms with E-state index in [0.717, 1.165) is 23.3 Å². The molecule has 0 aliphatic rings. The third kappa shape index (κ3) is 4.21. The molecule has 9 nitrogen and oxygen atoms in total. The molecule has 0 amide bonds. The molecule has 4 aromatic heterocycles. The number of anilines is 4. The second-order valence-corrected chi connectivity index (χ2v) is 8.43. The molecule has 0 bridgehead atoms. The number of pyridine rings is 1. The highest BCUT2D eigenvalue weighted by molar-refractivity contribution is 6.01. The lowest BCUT2D eigenvalue weighted by Gasteiger charge is -2.16. The van der Waals surface area contributed by atoms with Crippen LogP contribution in [0.25, 0.3) is 33.3 Å². The van der Waals surface area contributed by atoms with Crippen molar-refractivity contribution in [3.63, 3.8) is 0 Å². The summed E-state index contributed by atoms with van der Waals surface area (Å²) in [4.78, 5) is 29.2. The van der Waals surface area contributed by atoms with E-state index in [1.807, 2.05) is 25.1 Å². The van der Waals surface area contributed by atoms with Crippen molar-refractivity contribution >= 4 is 45.1 Å². The lowest BCUT2D eigenvalue weighted by molar-refractivity contribution is -0.137. The summed E-state index contributed by atoms with van der Waals surface area (Å²) >= 11 is 0. The lowest BCUT2D eigenvalue weighted by Crippen LogP contribution is -2.06. The van der Waals surface area contributed by atoms with Gasteiger partial charge < -0.3 is 15.6 Å². The molecule has 0 unspecified atom stereocenters. The maximum absolute atomic E-state index is 13.2. The van der Waals surface area contributed by atoms with Gasteiger partial charge in [-0.1, -0.05) is 12.1 Å². The Hall–Kier alpha value is -5.13. The van der Waals surface area contributed by atoms with Gasteiger partial charge in [-0.25, -0.2) is 29.9 Å². The van der Waals surface area contributed by atoms with Gasteiger partial charge in [-0.2, -0.15) is 13.2 Å². The minimum Gasteiger partial charge on any atom is -0.341 e. The van der Waals surface area contributed by atoms with E-state index in [4.69, 9.17) is 0 Å². The zero-order valence-corrected chi connectivity index (χ0v) is 19.7. The number of benzene rings is 2. The monoisotopic (exact) mass is 513 g/mol. The van der Waals surface area contributed by atoms with Gasteiger partial charge in [0.25, 0.3) is 0 Å². The largest absolute Gasteiger partial charge is 0.416 e. The summed E-state index contributed by atoms with van der Waals surface area (Å²) in [6.45, 7) is 1.92. The standard InChI is InChI=1S/C26H18F3N9/c1-14-7-8-18-20(31-11-34-24(18)37-16-5-2-4-15(10-16)26(27,28)29)19(14)38-23-17(6-3-9-30-23)21-22-25(35-12-32-21)36-13-33-22/h2-13H,1H3,(H,30,38)(H,31,34,37)(H,32,33,35,36). The molecule has 0 aliphatic carbocycles. The minimum absolute atomic E-state index is 0.259. The summed E-state index contributed by atoms with van der Waals surface area (Å²) in [5.74, 6) is 0.900. The number of halogens is 3. The molecule has 12 heteroatoms. The average molecular weight is 513 g/mol. The molecule has 0 spiro atoms. The molecule has 38 heavy (non-hydrogen) atoms. The Bertz CT molecular complexity index is 1800. The Labute approximate surface area is 213 Å². The minimum atomic E-state index is -4.45. The predicted molar refractivity (Wildman–Crippen MR) is 137 cm³/mol. The Morgan fingerprint density at radius 2 is 1.68 bits per heavy atom. The lowest BCUT2D eigenvalue weighted by atomic mass is 10.1. The van der Waals surface area contributed by atoms with Crippen LogP contribution in [0.5, 0.6) is 0 Å². The van der Waals surface area contributed by atoms with Crippen molar-refractivity contribution < 1.29 is 13.2 Å². The van der Waals surface area contributed by atoms with Crippen LogP contribution < -0.4 is 10.6 Å². The number of aromatic nitrogens is 7. The number of rotatable bonds is 5. The summed E-state index contributed by atoms with van der Waals surface area (Å²) in [6.07, 6.45) is 1.56. The van der Waals surface area contributed by atoms with Crippen molar-refractivity contribution in [1.29, 1.82) is 0 Å². The summed E-state index contributed by atoms with van der Waals surface area (Å²) in [5, 5.41) is 7.01. The topological polar surface area (TPSA) is 117 Å². The summed E-state index contributed by atoms with van der Waals surface area (Å²) in [6, 6.07) is 12.4. The smallest absolute Gasteiger partial charge is 0.341 e. The number of hydrogen-bond donors (Lipinski definition) is 3. The highest BCUT2D eigenvalue weighted by Crippen LogP contribution is 2.36. The zero-order chi connectivity index (χ0) is 26.3. The van der Waals surface area contributed by atoms with Crippen molar-refractivity contribution in [2.45, 2.75) is 13.1 Å². The van der Waals surface area contributed by atoms with Crippen LogP contribution in [0.2, 0.25) is 0 Å². The Kier molecular flexibility index (Phi) is 5.56. The van der Waals surface area contributed by atoms with E-state index in [9.17, 15) is 13.2 Å². The maximum Gasteiger partial charge on any atom is 0.416 e. The number of aromatic amines is 1. The van der Waals surface area contributed by atoms with E-state index in [1.54, 1.807) is 24.7 Å². The van der Waals surface area contributed by atoms with Crippen molar-refractivity contribution in [2.24, 2.45) is 0 Å². The van der Waals surface area contributed by atoms with E-state index >= 15 is 0 Å². The van der Waals surface area contributed by atoms with Crippen LogP contribution in [0.15, 0.2) is 73.7 Å². The molecule has 4 heterocycles. The van der Waals surface area contributed by atoms with Crippen LogP contribution >= 0.6 is 0 Å². The summed E-state index contributed by atoms with van der Waals surface area (Å²) in [7, 11) is 0. The molecule has 0 saturated carbocycles. The second kappa shape index (κ2) is 9.07. The first-order chi connectivity index (χ1) is 18.4. The fourth-order valence-electron chi connectivity index (χ4n) is 4.18. The number of nitrogens with one attached hydrogen (secondary N) is 3. The maximum atomic E-state index is 13.2. The molecule has 2 aromatic carbocycles. The Balaban J connectivity index is 1.42. The number of hydrogen-bond acceptors (Lipinski definition) is 8. The van der Waals surface area contributed by atoms with Crippen molar-refractivity contribution in [3.05, 3.63) is 84.8 Å². The molecule has 0 atom stereocenters. The zero-order valence-electron chi connectivity index (χ0n) is 19.7. The highest BCUT2D eigenvalue weighted by atomic mass is 19.4. The number of aryl methyl sites for hydroxylation is 1. The molecular formula is C26H18F3N9. The number of alkyl halides is 3. The Morgan fingerprint density at radius 1 is 0.816 bits per heavy atom. The van der Waals surface area contributed by atoms with Crippen LogP contribution in [0, 0.1) is 6.92 Å². The van der Waals surface area contributed by atoms with Crippen molar-refractivity contribution in [3.8, 4) is 11.3 Å². The van der Waals surface area contributed by atoms with E-state index < -0.39 is 11.7 Å². The van der Waals surface area contributed by atoms with Gasteiger partial charge in [0.15, 0.2) is 5.65 Å². The SMILES string of the molecule is Cc1ccc2c(Nc3cccc(C(F)(F)F)c3)ncnc2c1Nc1ncccc1-c1ncnc2nc[nH]c12. The molecule has 0 aliphatic heterocycles. The van der Waals surface area contributed by atoms with Crippen molar-refractivity contribution in [1.82, 2.24) is 34.9 Å². The van der Waals surface area contributed by atoms with E-state index in [1.165, 1.54) is 18.7 Å². The fourth-order valence-corrected chi connectivity index (χ4v) is 4.18. The van der Waals surface area contributed by atoms with Crippen LogP contribution in [0.3, 0.4) is 0 Å². The van der Waals surface area contributed by atoms with Gasteiger partial charge >= 0.3 is 6.18 Å². The molecule has 0 radical (unpaired) electrons. The van der Waals surface area contributed by atoms with Gasteiger partial charge in [0.05, 0.1) is 23.1 Å². The van der Waals surface area contributed by atoms with Gasteiger partial charge in [0.2, 0.25) is 0 Å². The predicted octanol–water partition coefficient (Wildman–Crippen LogP) is 6.17. The number of fused-ring (bicyclic) bond motifs is 2. The molecular weight excluding hydrogens is 495 g/mol. The van der Waals surface area contributed by atoms with Gasteiger partial charge in [-0.05, 0) is 48.9 Å². The van der Waals surface area contributed by atoms with Crippen LogP contribution in [0.4, 0.5) is 36.2 Å². The summed E-state index contributed by atoms with van der Waals surface area (Å²) < 4.78 is 39.6. The van der Waals surface area contributed by atoms with Crippen LogP contribution in [-0.2, 0) is 6.18 Å². The van der Waals surface area contributed by atoms with E-state index in [2.05, 4.69) is 45.5 Å². The number of imidazole rings is 1. The first-order valence-corrected chi connectivity index (χ1v) is 11.4. The van der Waals surface area contributed by atoms with Gasteiger partial charge in [-0.3, -0.25) is 0 Å². The molecule has 188 valence electrons. The van der Waals surface area contributed by atoms with Gasteiger partial charge in [0.1, 0.15) is 35.5 Å². The first kappa shape index (κ1) is 23.3. The summed E-state index contributed by atoms with van der Waals surface area (Å²) in [5.41, 5.74) is 4.18. The third-order valence-corrected chi connectivity index (χ3v) is 6.00. The fraction of sp³-hybridized carbons (Fsp3) is 0.0769. The quantitative estimate of drug-likeness (QED) is 0.250. The molecule has 6 aromatic rings. The number of H-pyrrole nitrogens is 1. The van der Waals surface area contributed by atoms with Gasteiger partial charge in [0, 0.05) is 22.8 Å². The Morgan fingerprint density at radius 3 is 2.55 bits per heavy atom. The van der Waals surface area contributed by atoms with Crippen molar-refractivity contribution in [2.75, 3.05) is 10.6 Å². The van der Waals surface area contributed by atoms with E-state index in [-0.39, 0.29) is 5.69 Å². The first-order valence-electron chi connectivity index (χ1n) is 11.4. The molecule has 3 N–H and O–H groups in total. The van der Waals surface area contributed by atoms with E-state index in [0.29, 0.717) is 45.1 Å².